The largest absolute Gasteiger partial charge is 0.493 e. The summed E-state index contributed by atoms with van der Waals surface area (Å²) in [6.45, 7) is 0. The van der Waals surface area contributed by atoms with Gasteiger partial charge < -0.3 is 14.6 Å². The van der Waals surface area contributed by atoms with Crippen LogP contribution in [-0.2, 0) is 0 Å². The number of benzene rings is 2. The minimum Gasteiger partial charge on any atom is -0.493 e. The zero-order valence-electron chi connectivity index (χ0n) is 11.6. The van der Waals surface area contributed by atoms with Gasteiger partial charge in [-0.25, -0.2) is 4.79 Å². The number of methoxy groups -OCH3 is 2. The fourth-order valence-electron chi connectivity index (χ4n) is 2.03. The number of hydrogen-bond acceptors (Lipinski definition) is 4. The lowest BCUT2D eigenvalue weighted by Gasteiger charge is -2.11. The van der Waals surface area contributed by atoms with Crippen LogP contribution in [0.4, 0.5) is 0 Å². The van der Waals surface area contributed by atoms with Crippen molar-refractivity contribution >= 4 is 5.97 Å². The molecule has 21 heavy (non-hydrogen) atoms. The van der Waals surface area contributed by atoms with Gasteiger partial charge in [0.25, 0.3) is 0 Å². The quantitative estimate of drug-likeness (QED) is 0.933. The third-order valence-electron chi connectivity index (χ3n) is 3.08. The molecule has 0 bridgehead atoms. The zero-order valence-corrected chi connectivity index (χ0v) is 11.6. The topological polar surface area (TPSA) is 79.5 Å². The van der Waals surface area contributed by atoms with Crippen molar-refractivity contribution in [2.24, 2.45) is 0 Å². The number of ether oxygens (including phenoxy) is 2. The Bertz CT molecular complexity index is 732. The summed E-state index contributed by atoms with van der Waals surface area (Å²) in [5.41, 5.74) is 1.77. The van der Waals surface area contributed by atoms with E-state index in [0.29, 0.717) is 22.6 Å². The van der Waals surface area contributed by atoms with Crippen molar-refractivity contribution in [2.45, 2.75) is 0 Å². The Labute approximate surface area is 122 Å². The fourth-order valence-corrected chi connectivity index (χ4v) is 2.03. The summed E-state index contributed by atoms with van der Waals surface area (Å²) in [6.07, 6.45) is 0. The van der Waals surface area contributed by atoms with Crippen molar-refractivity contribution in [3.8, 4) is 28.7 Å². The molecule has 0 amide bonds. The summed E-state index contributed by atoms with van der Waals surface area (Å²) in [6, 6.07) is 11.7. The molecule has 5 nitrogen and oxygen atoms in total. The molecule has 0 aliphatic rings. The lowest BCUT2D eigenvalue weighted by Crippen LogP contribution is -1.98. The van der Waals surface area contributed by atoms with Crippen LogP contribution in [0.1, 0.15) is 15.9 Å². The van der Waals surface area contributed by atoms with E-state index in [4.69, 9.17) is 14.6 Å². The van der Waals surface area contributed by atoms with E-state index in [1.807, 2.05) is 6.07 Å². The molecule has 5 heteroatoms. The van der Waals surface area contributed by atoms with Crippen molar-refractivity contribution in [3.63, 3.8) is 0 Å². The van der Waals surface area contributed by atoms with Crippen molar-refractivity contribution in [2.75, 3.05) is 14.2 Å². The predicted molar refractivity (Wildman–Crippen MR) is 76.7 cm³/mol. The molecular weight excluding hydrogens is 270 g/mol. The molecule has 0 unspecified atom stereocenters. The van der Waals surface area contributed by atoms with Gasteiger partial charge in [0.2, 0.25) is 0 Å². The Morgan fingerprint density at radius 3 is 2.38 bits per heavy atom. The molecule has 1 N–H and O–H groups in total. The first-order chi connectivity index (χ1) is 10.1. The average molecular weight is 283 g/mol. The first kappa shape index (κ1) is 14.4. The van der Waals surface area contributed by atoms with Gasteiger partial charge in [0.1, 0.15) is 0 Å². The van der Waals surface area contributed by atoms with Gasteiger partial charge in [0.15, 0.2) is 11.5 Å². The number of carbonyl (C=O) groups is 1. The Morgan fingerprint density at radius 2 is 1.81 bits per heavy atom. The third-order valence-corrected chi connectivity index (χ3v) is 3.08. The van der Waals surface area contributed by atoms with E-state index in [9.17, 15) is 10.1 Å². The maximum Gasteiger partial charge on any atom is 0.335 e. The van der Waals surface area contributed by atoms with Gasteiger partial charge in [-0.1, -0.05) is 12.1 Å². The van der Waals surface area contributed by atoms with E-state index < -0.39 is 5.97 Å². The van der Waals surface area contributed by atoms with Crippen LogP contribution < -0.4 is 9.47 Å². The maximum absolute atomic E-state index is 11.0. The Morgan fingerprint density at radius 1 is 1.10 bits per heavy atom. The molecule has 106 valence electrons. The van der Waals surface area contributed by atoms with Crippen LogP contribution in [0.25, 0.3) is 11.1 Å². The highest BCUT2D eigenvalue weighted by molar-refractivity contribution is 5.89. The molecule has 0 saturated heterocycles. The van der Waals surface area contributed by atoms with Crippen molar-refractivity contribution in [3.05, 3.63) is 47.5 Å². The van der Waals surface area contributed by atoms with E-state index in [-0.39, 0.29) is 5.56 Å². The Balaban J connectivity index is 2.57. The number of aromatic carboxylic acids is 1. The molecule has 2 aromatic carbocycles. The second-order valence-corrected chi connectivity index (χ2v) is 4.25. The fraction of sp³-hybridized carbons (Fsp3) is 0.125. The van der Waals surface area contributed by atoms with Crippen molar-refractivity contribution in [1.82, 2.24) is 0 Å². The molecule has 0 saturated carbocycles. The summed E-state index contributed by atoms with van der Waals surface area (Å²) in [5.74, 6) is 0.0634. The Kier molecular flexibility index (Phi) is 4.10. The molecule has 0 aliphatic carbocycles. The maximum atomic E-state index is 11.0. The van der Waals surface area contributed by atoms with E-state index in [1.54, 1.807) is 31.4 Å². The highest BCUT2D eigenvalue weighted by Gasteiger charge is 2.12. The number of carboxylic acid groups (broad SMARTS) is 1. The van der Waals surface area contributed by atoms with Crippen LogP contribution in [0.2, 0.25) is 0 Å². The van der Waals surface area contributed by atoms with Gasteiger partial charge in [-0.15, -0.1) is 0 Å². The highest BCUT2D eigenvalue weighted by Crippen LogP contribution is 2.33. The smallest absolute Gasteiger partial charge is 0.335 e. The van der Waals surface area contributed by atoms with Gasteiger partial charge in [0, 0.05) is 0 Å². The minimum atomic E-state index is -1.06. The second kappa shape index (κ2) is 5.97. The molecule has 0 heterocycles. The minimum absolute atomic E-state index is 0.0794. The summed E-state index contributed by atoms with van der Waals surface area (Å²) in [7, 11) is 3.07. The van der Waals surface area contributed by atoms with E-state index >= 15 is 0 Å². The SMILES string of the molecule is COc1ccc(-c2ccc(C(=O)O)cc2C#N)cc1OC. The summed E-state index contributed by atoms with van der Waals surface area (Å²) >= 11 is 0. The second-order valence-electron chi connectivity index (χ2n) is 4.25. The van der Waals surface area contributed by atoms with Crippen LogP contribution >= 0.6 is 0 Å². The zero-order chi connectivity index (χ0) is 15.4. The molecule has 0 aliphatic heterocycles. The van der Waals surface area contributed by atoms with Crippen molar-refractivity contribution in [1.29, 1.82) is 5.26 Å². The molecule has 0 aromatic heterocycles. The number of rotatable bonds is 4. The van der Waals surface area contributed by atoms with Crippen LogP contribution in [-0.4, -0.2) is 25.3 Å². The number of hydrogen-bond donors (Lipinski definition) is 1. The van der Waals surface area contributed by atoms with Crippen molar-refractivity contribution < 1.29 is 19.4 Å². The van der Waals surface area contributed by atoms with Crippen LogP contribution in [0.15, 0.2) is 36.4 Å². The first-order valence-electron chi connectivity index (χ1n) is 6.10. The first-order valence-corrected chi connectivity index (χ1v) is 6.10. The van der Waals surface area contributed by atoms with Crippen LogP contribution in [0, 0.1) is 11.3 Å². The summed E-state index contributed by atoms with van der Waals surface area (Å²) in [5, 5.41) is 18.2. The lowest BCUT2D eigenvalue weighted by atomic mass is 9.98. The standard InChI is InChI=1S/C16H13NO4/c1-20-14-6-4-10(8-15(14)21-2)13-5-3-11(16(18)19)7-12(13)9-17/h3-8H,1-2H3,(H,18,19). The predicted octanol–water partition coefficient (Wildman–Crippen LogP) is 2.94. The number of nitrogens with zero attached hydrogens (tertiary/aromatic N) is 1. The Hall–Kier alpha value is -3.00. The molecule has 2 rings (SSSR count). The average Bonchev–Trinajstić information content (AvgIpc) is 2.53. The number of carboxylic acids is 1. The number of nitriles is 1. The summed E-state index contributed by atoms with van der Waals surface area (Å²) < 4.78 is 10.4. The highest BCUT2D eigenvalue weighted by atomic mass is 16.5. The van der Waals surface area contributed by atoms with Gasteiger partial charge in [-0.3, -0.25) is 0 Å². The van der Waals surface area contributed by atoms with Crippen LogP contribution in [0.3, 0.4) is 0 Å². The monoisotopic (exact) mass is 283 g/mol. The molecule has 0 radical (unpaired) electrons. The van der Waals surface area contributed by atoms with E-state index in [1.165, 1.54) is 19.2 Å². The molecule has 0 fully saturated rings. The molecule has 0 atom stereocenters. The van der Waals surface area contributed by atoms with Gasteiger partial charge in [0.05, 0.1) is 31.4 Å². The van der Waals surface area contributed by atoms with Crippen LogP contribution in [0.5, 0.6) is 11.5 Å². The lowest BCUT2D eigenvalue weighted by molar-refractivity contribution is 0.0697. The third kappa shape index (κ3) is 2.79. The van der Waals surface area contributed by atoms with Gasteiger partial charge >= 0.3 is 5.97 Å². The molecule has 2 aromatic rings. The molecular formula is C16H13NO4. The van der Waals surface area contributed by atoms with E-state index in [0.717, 1.165) is 5.56 Å². The molecule has 0 spiro atoms. The van der Waals surface area contributed by atoms with E-state index in [2.05, 4.69) is 0 Å². The van der Waals surface area contributed by atoms with Gasteiger partial charge in [-0.05, 0) is 35.4 Å². The van der Waals surface area contributed by atoms with Gasteiger partial charge in [-0.2, -0.15) is 5.26 Å². The normalized spacial score (nSPS) is 9.76. The summed E-state index contributed by atoms with van der Waals surface area (Å²) in [4.78, 5) is 11.0.